The largest absolute Gasteiger partial charge is 1.00 e. The van der Waals surface area contributed by atoms with Crippen LogP contribution in [0.5, 0.6) is 0 Å². The Bertz CT molecular complexity index is 65.8. The van der Waals surface area contributed by atoms with Crippen LogP contribution in [0, 0.1) is 0 Å². The summed E-state index contributed by atoms with van der Waals surface area (Å²) in [5.74, 6) is 0. The second-order valence-electron chi connectivity index (χ2n) is 2.32. The topological polar surface area (TPSA) is 18.5 Å². The van der Waals surface area contributed by atoms with Crippen molar-refractivity contribution in [3.05, 3.63) is 0 Å². The number of hydrogen-bond donors (Lipinski definition) is 0. The van der Waals surface area contributed by atoms with Crippen LogP contribution in [0.4, 0.5) is 0 Å². The van der Waals surface area contributed by atoms with Gasteiger partial charge in [-0.25, -0.2) is 0 Å². The van der Waals surface area contributed by atoms with Crippen LogP contribution in [-0.4, -0.2) is 12.2 Å². The van der Waals surface area contributed by atoms with Gasteiger partial charge in [-0.3, -0.25) is 0 Å². The molecule has 0 N–H and O–H groups in total. The maximum absolute atomic E-state index is 5.13. The van der Waals surface area contributed by atoms with Crippen molar-refractivity contribution in [3.63, 3.8) is 0 Å². The first-order valence-corrected chi connectivity index (χ1v) is 3.97. The second kappa shape index (κ2) is 14.8. The molecule has 0 aliphatic rings. The molecular weight excluding hydrogens is 266 g/mol. The van der Waals surface area contributed by atoms with Crippen molar-refractivity contribution in [2.75, 3.05) is 0 Å². The summed E-state index contributed by atoms with van der Waals surface area (Å²) < 4.78 is 10.3. The molecule has 0 aromatic carbocycles. The van der Waals surface area contributed by atoms with Crippen molar-refractivity contribution >= 4 is 0 Å². The van der Waals surface area contributed by atoms with E-state index in [-0.39, 0.29) is 49.4 Å². The van der Waals surface area contributed by atoms with Crippen LogP contribution in [0.15, 0.2) is 0 Å². The number of halogens is 3. The van der Waals surface area contributed by atoms with E-state index in [0.717, 1.165) is 0 Å². The second-order valence-corrected chi connectivity index (χ2v) is 3.03. The van der Waals surface area contributed by atoms with Gasteiger partial charge < -0.3 is 37.2 Å². The third-order valence-corrected chi connectivity index (χ3v) is 1.65. The van der Waals surface area contributed by atoms with Crippen molar-refractivity contribution in [1.82, 2.24) is 0 Å². The van der Waals surface area contributed by atoms with E-state index in [4.69, 9.17) is 7.64 Å². The fourth-order valence-corrected chi connectivity index (χ4v) is 0.642. The standard InChI is InChI=1S/2C3H7O.3ClH.Fe/c2*1-3(2)4;;;;/h2*3H,1-2H3;3*1H;/q2*-1;;;;+5/p-3. The molecule has 0 heterocycles. The zero-order valence-electron chi connectivity index (χ0n) is 7.46. The Kier molecular flexibility index (Phi) is 28.7. The van der Waals surface area contributed by atoms with Crippen molar-refractivity contribution in [2.45, 2.75) is 39.9 Å². The van der Waals surface area contributed by atoms with Crippen LogP contribution >= 0.6 is 0 Å². The molecule has 2 nitrogen and oxygen atoms in total. The molecule has 0 fully saturated rings. The molecule has 0 amide bonds. The Balaban J connectivity index is -0.000000107. The fraction of sp³-hybridized carbons (Fsp3) is 1.00. The smallest absolute Gasteiger partial charge is 1.00 e. The molecular formula is C6H14Cl3FeO2. The monoisotopic (exact) mass is 279 g/mol. The maximum atomic E-state index is 5.13. The molecule has 0 spiro atoms. The minimum absolute atomic E-state index is 0. The van der Waals surface area contributed by atoms with Crippen molar-refractivity contribution < 1.29 is 60.5 Å². The van der Waals surface area contributed by atoms with E-state index >= 15 is 0 Å². The van der Waals surface area contributed by atoms with Gasteiger partial charge in [0, 0.05) is 0 Å². The summed E-state index contributed by atoms with van der Waals surface area (Å²) in [5.41, 5.74) is 0. The normalized spacial score (nSPS) is 8.17. The predicted octanol–water partition coefficient (Wildman–Crippen LogP) is -7.24. The Hall–Kier alpha value is 1.31. The van der Waals surface area contributed by atoms with Gasteiger partial charge in [-0.05, 0) is 0 Å². The first-order chi connectivity index (χ1) is 4.13. The van der Waals surface area contributed by atoms with Crippen molar-refractivity contribution in [1.29, 1.82) is 0 Å². The van der Waals surface area contributed by atoms with E-state index in [1.807, 2.05) is 27.7 Å². The average molecular weight is 280 g/mol. The van der Waals surface area contributed by atoms with E-state index in [0.29, 0.717) is 15.6 Å². The summed E-state index contributed by atoms with van der Waals surface area (Å²) in [5, 5.41) is 0. The predicted molar refractivity (Wildman–Crippen MR) is 32.4 cm³/mol. The molecule has 0 saturated carbocycles. The SMILES string of the molecule is CC(C)[O][Fe+3][O]C(C)C.[Cl-].[Cl-].[Cl-]. The van der Waals surface area contributed by atoms with Gasteiger partial charge in [0.1, 0.15) is 0 Å². The minimum atomic E-state index is 0. The van der Waals surface area contributed by atoms with E-state index in [1.165, 1.54) is 0 Å². The molecule has 0 rings (SSSR count). The minimum Gasteiger partial charge on any atom is -1.00 e. The molecule has 0 bridgehead atoms. The Morgan fingerprint density at radius 2 is 1.00 bits per heavy atom. The first kappa shape index (κ1) is 23.3. The van der Waals surface area contributed by atoms with E-state index < -0.39 is 0 Å². The van der Waals surface area contributed by atoms with Crippen LogP contribution in [0.25, 0.3) is 0 Å². The summed E-state index contributed by atoms with van der Waals surface area (Å²) in [6, 6.07) is 0. The molecule has 0 aliphatic carbocycles. The fourth-order valence-electron chi connectivity index (χ4n) is 0.156. The van der Waals surface area contributed by atoms with Crippen LogP contribution in [0.1, 0.15) is 27.7 Å². The summed E-state index contributed by atoms with van der Waals surface area (Å²) >= 11 is 0.412. The molecule has 6 heteroatoms. The Labute approximate surface area is 100 Å². The number of hydrogen-bond acceptors (Lipinski definition) is 2. The third kappa shape index (κ3) is 22.5. The zero-order valence-corrected chi connectivity index (χ0v) is 10.8. The summed E-state index contributed by atoms with van der Waals surface area (Å²) in [4.78, 5) is 0. The van der Waals surface area contributed by atoms with Crippen molar-refractivity contribution in [2.24, 2.45) is 0 Å². The first-order valence-electron chi connectivity index (χ1n) is 3.07. The third-order valence-electron chi connectivity index (χ3n) is 0.401. The summed E-state index contributed by atoms with van der Waals surface area (Å²) in [6.45, 7) is 7.96. The van der Waals surface area contributed by atoms with Crippen LogP contribution < -0.4 is 37.2 Å². The van der Waals surface area contributed by atoms with Gasteiger partial charge in [-0.15, -0.1) is 0 Å². The summed E-state index contributed by atoms with van der Waals surface area (Å²) in [6.07, 6.45) is 0.535. The molecule has 12 heavy (non-hydrogen) atoms. The zero-order chi connectivity index (χ0) is 7.28. The number of rotatable bonds is 4. The van der Waals surface area contributed by atoms with Gasteiger partial charge in [-0.1, -0.05) is 0 Å². The van der Waals surface area contributed by atoms with Crippen molar-refractivity contribution in [3.8, 4) is 0 Å². The molecule has 0 aliphatic heterocycles. The van der Waals surface area contributed by atoms with Gasteiger partial charge >= 0.3 is 63.2 Å². The van der Waals surface area contributed by atoms with Crippen LogP contribution in [0.3, 0.4) is 0 Å². The van der Waals surface area contributed by atoms with Gasteiger partial charge in [0.25, 0.3) is 0 Å². The molecule has 0 radical (unpaired) electrons. The van der Waals surface area contributed by atoms with Crippen LogP contribution in [-0.2, 0) is 23.3 Å². The Morgan fingerprint density at radius 1 is 0.750 bits per heavy atom. The molecule has 0 aromatic rings. The van der Waals surface area contributed by atoms with Gasteiger partial charge in [0.15, 0.2) is 0 Å². The van der Waals surface area contributed by atoms with Gasteiger partial charge in [-0.2, -0.15) is 0 Å². The molecule has 79 valence electrons. The maximum Gasteiger partial charge on any atom is -1.00 e. The average Bonchev–Trinajstić information content (AvgIpc) is 1.63. The van der Waals surface area contributed by atoms with E-state index in [9.17, 15) is 0 Å². The molecule has 0 unspecified atom stereocenters. The van der Waals surface area contributed by atoms with Crippen LogP contribution in [0.2, 0.25) is 0 Å². The summed E-state index contributed by atoms with van der Waals surface area (Å²) in [7, 11) is 0. The van der Waals surface area contributed by atoms with E-state index in [2.05, 4.69) is 0 Å². The van der Waals surface area contributed by atoms with Gasteiger partial charge in [0.05, 0.1) is 0 Å². The molecule has 0 saturated heterocycles. The quantitative estimate of drug-likeness (QED) is 0.477. The molecule has 0 aromatic heterocycles. The van der Waals surface area contributed by atoms with Gasteiger partial charge in [0.2, 0.25) is 0 Å². The Morgan fingerprint density at radius 3 is 1.17 bits per heavy atom. The molecule has 0 atom stereocenters. The van der Waals surface area contributed by atoms with E-state index in [1.54, 1.807) is 0 Å².